The van der Waals surface area contributed by atoms with Gasteiger partial charge >= 0.3 is 0 Å². The van der Waals surface area contributed by atoms with E-state index >= 15 is 0 Å². The Bertz CT molecular complexity index is 1190. The molecule has 4 nitrogen and oxygen atoms in total. The molecule has 2 aliphatic heterocycles. The van der Waals surface area contributed by atoms with E-state index in [0.717, 1.165) is 26.2 Å². The second kappa shape index (κ2) is 12.9. The van der Waals surface area contributed by atoms with Crippen LogP contribution in [0.5, 0.6) is 0 Å². The Morgan fingerprint density at radius 1 is 0.405 bits per heavy atom. The minimum atomic E-state index is 0.484. The van der Waals surface area contributed by atoms with E-state index in [-0.39, 0.29) is 0 Å². The molecule has 4 aromatic rings. The molecule has 0 unspecified atom stereocenters. The van der Waals surface area contributed by atoms with Gasteiger partial charge in [-0.3, -0.25) is 9.80 Å². The minimum Gasteiger partial charge on any atom is -0.368 e. The lowest BCUT2D eigenvalue weighted by Crippen LogP contribution is -2.36. The second-order valence-electron chi connectivity index (χ2n) is 12.3. The van der Waals surface area contributed by atoms with Crippen LogP contribution in [-0.2, 0) is 35.7 Å². The van der Waals surface area contributed by atoms with Crippen LogP contribution in [0.4, 0.5) is 0 Å². The van der Waals surface area contributed by atoms with Gasteiger partial charge in [-0.2, -0.15) is 0 Å². The Labute approximate surface area is 250 Å². The van der Waals surface area contributed by atoms with Crippen LogP contribution in [0.25, 0.3) is 0 Å². The molecule has 6 atom stereocenters. The van der Waals surface area contributed by atoms with E-state index in [1.54, 1.807) is 0 Å². The van der Waals surface area contributed by atoms with Gasteiger partial charge in [0.15, 0.2) is 0 Å². The van der Waals surface area contributed by atoms with Gasteiger partial charge in [0.2, 0.25) is 0 Å². The lowest BCUT2D eigenvalue weighted by Gasteiger charge is -2.29. The highest BCUT2D eigenvalue weighted by molar-refractivity contribution is 5.20. The predicted molar refractivity (Wildman–Crippen MR) is 168 cm³/mol. The van der Waals surface area contributed by atoms with Crippen LogP contribution >= 0.6 is 0 Å². The molecule has 4 fully saturated rings. The summed E-state index contributed by atoms with van der Waals surface area (Å²) >= 11 is 0. The predicted octanol–water partition coefficient (Wildman–Crippen LogP) is 7.24. The number of benzene rings is 4. The van der Waals surface area contributed by atoms with Crippen molar-refractivity contribution < 1.29 is 9.47 Å². The van der Waals surface area contributed by atoms with E-state index in [0.29, 0.717) is 36.5 Å². The maximum atomic E-state index is 5.78. The van der Waals surface area contributed by atoms with Crippen LogP contribution in [0, 0.1) is 0 Å². The lowest BCUT2D eigenvalue weighted by atomic mass is 10.1. The molecule has 0 radical (unpaired) electrons. The zero-order chi connectivity index (χ0) is 28.1. The highest BCUT2D eigenvalue weighted by atomic mass is 16.6. The number of epoxide rings is 2. The summed E-state index contributed by atoms with van der Waals surface area (Å²) in [6.45, 7) is 4.03. The zero-order valence-electron chi connectivity index (χ0n) is 24.4. The summed E-state index contributed by atoms with van der Waals surface area (Å²) in [4.78, 5) is 5.20. The summed E-state index contributed by atoms with van der Waals surface area (Å²) in [7, 11) is 0. The third-order valence-electron chi connectivity index (χ3n) is 9.35. The first-order valence-corrected chi connectivity index (χ1v) is 15.7. The first kappa shape index (κ1) is 27.5. The van der Waals surface area contributed by atoms with Gasteiger partial charge in [-0.05, 0) is 47.9 Å². The molecule has 0 bridgehead atoms. The molecule has 0 amide bonds. The van der Waals surface area contributed by atoms with Crippen molar-refractivity contribution in [2.45, 2.75) is 88.4 Å². The van der Waals surface area contributed by atoms with Crippen molar-refractivity contribution >= 4 is 0 Å². The van der Waals surface area contributed by atoms with Gasteiger partial charge in [-0.15, -0.1) is 0 Å². The highest BCUT2D eigenvalue weighted by Crippen LogP contribution is 2.43. The normalized spacial score (nSPS) is 26.8. The Kier molecular flexibility index (Phi) is 8.48. The lowest BCUT2D eigenvalue weighted by molar-refractivity contribution is 0.130. The number of ether oxygens (including phenoxy) is 2. The van der Waals surface area contributed by atoms with E-state index < -0.39 is 0 Å². The molecule has 0 aromatic heterocycles. The third-order valence-corrected chi connectivity index (χ3v) is 9.35. The van der Waals surface area contributed by atoms with E-state index in [1.165, 1.54) is 47.9 Å². The molecular weight excluding hydrogens is 516 g/mol. The summed E-state index contributed by atoms with van der Waals surface area (Å²) in [5.74, 6) is 0. The largest absolute Gasteiger partial charge is 0.368 e. The van der Waals surface area contributed by atoms with Gasteiger partial charge in [-0.1, -0.05) is 121 Å². The van der Waals surface area contributed by atoms with Crippen molar-refractivity contribution in [3.8, 4) is 0 Å². The molecule has 0 spiro atoms. The van der Waals surface area contributed by atoms with Gasteiger partial charge in [0.25, 0.3) is 0 Å². The number of hydrogen-bond acceptors (Lipinski definition) is 4. The second-order valence-corrected chi connectivity index (χ2v) is 12.3. The van der Waals surface area contributed by atoms with Crippen LogP contribution in [-0.4, -0.2) is 46.3 Å². The maximum Gasteiger partial charge on any atom is 0.0996 e. The van der Waals surface area contributed by atoms with Crippen molar-refractivity contribution in [2.24, 2.45) is 0 Å². The summed E-state index contributed by atoms with van der Waals surface area (Å²) in [5.41, 5.74) is 5.55. The summed E-state index contributed by atoms with van der Waals surface area (Å²) < 4.78 is 11.6. The molecule has 2 saturated heterocycles. The van der Waals surface area contributed by atoms with Crippen molar-refractivity contribution in [2.75, 3.05) is 0 Å². The minimum absolute atomic E-state index is 0.484. The average Bonchev–Trinajstić information content (AvgIpc) is 3.92. The van der Waals surface area contributed by atoms with Gasteiger partial charge in [0, 0.05) is 38.3 Å². The van der Waals surface area contributed by atoms with E-state index in [1.807, 2.05) is 0 Å². The fraction of sp³-hybridized carbons (Fsp3) is 0.368. The smallest absolute Gasteiger partial charge is 0.0996 e. The fourth-order valence-corrected chi connectivity index (χ4v) is 7.09. The summed E-state index contributed by atoms with van der Waals surface area (Å²) in [6.07, 6.45) is 7.07. The molecule has 4 aromatic carbocycles. The fourth-order valence-electron chi connectivity index (χ4n) is 7.09. The van der Waals surface area contributed by atoms with E-state index in [2.05, 4.69) is 131 Å². The van der Waals surface area contributed by atoms with Crippen molar-refractivity contribution in [3.63, 3.8) is 0 Å². The molecule has 2 saturated carbocycles. The first-order chi connectivity index (χ1) is 20.8. The Morgan fingerprint density at radius 2 is 0.690 bits per heavy atom. The van der Waals surface area contributed by atoms with Crippen LogP contribution in [0.2, 0.25) is 0 Å². The number of hydrogen-bond donors (Lipinski definition) is 0. The van der Waals surface area contributed by atoms with Gasteiger partial charge in [-0.25, -0.2) is 0 Å². The maximum absolute atomic E-state index is 5.78. The molecule has 0 N–H and O–H groups in total. The van der Waals surface area contributed by atoms with Crippen molar-refractivity contribution in [1.82, 2.24) is 9.80 Å². The SMILES string of the molecule is c1ccc(CN(Cc2ccccc2)[C@@H]2CC[C@@H]3O[C@@H]32)cc1.c1ccc(CN(Cc2ccccc2)[C@H]2CC[C@H]3O[C@H]32)cc1. The van der Waals surface area contributed by atoms with Gasteiger partial charge in [0.05, 0.1) is 24.4 Å². The average molecular weight is 559 g/mol. The Morgan fingerprint density at radius 3 is 0.905 bits per heavy atom. The van der Waals surface area contributed by atoms with Crippen LogP contribution in [0.1, 0.15) is 47.9 Å². The highest BCUT2D eigenvalue weighted by Gasteiger charge is 2.53. The number of fused-ring (bicyclic) bond motifs is 2. The molecule has 216 valence electrons. The van der Waals surface area contributed by atoms with Crippen molar-refractivity contribution in [3.05, 3.63) is 144 Å². The molecule has 8 rings (SSSR count). The topological polar surface area (TPSA) is 31.5 Å². The molecule has 4 aliphatic rings. The van der Waals surface area contributed by atoms with Gasteiger partial charge in [0.1, 0.15) is 0 Å². The number of rotatable bonds is 10. The molecule has 2 heterocycles. The zero-order valence-corrected chi connectivity index (χ0v) is 24.4. The molecule has 2 aliphatic carbocycles. The molecular formula is C38H42N2O2. The molecule has 42 heavy (non-hydrogen) atoms. The number of nitrogens with zero attached hydrogens (tertiary/aromatic N) is 2. The molecule has 4 heteroatoms. The quantitative estimate of drug-likeness (QED) is 0.192. The Balaban J connectivity index is 0.000000137. The van der Waals surface area contributed by atoms with E-state index in [9.17, 15) is 0 Å². The first-order valence-electron chi connectivity index (χ1n) is 15.7. The van der Waals surface area contributed by atoms with Gasteiger partial charge < -0.3 is 9.47 Å². The van der Waals surface area contributed by atoms with Crippen LogP contribution < -0.4 is 0 Å². The van der Waals surface area contributed by atoms with Crippen LogP contribution in [0.3, 0.4) is 0 Å². The Hall–Kier alpha value is -3.28. The standard InChI is InChI=1S/2C19H21NO/c2*1-3-7-15(8-4-1)13-20(14-16-9-5-2-6-10-16)17-11-12-18-19(17)21-18/h2*1-10,17-19H,11-14H2/t2*17-,18+,19-/m10/s1. The van der Waals surface area contributed by atoms with Crippen LogP contribution in [0.15, 0.2) is 121 Å². The van der Waals surface area contributed by atoms with Crippen molar-refractivity contribution in [1.29, 1.82) is 0 Å². The van der Waals surface area contributed by atoms with E-state index in [4.69, 9.17) is 9.47 Å². The third kappa shape index (κ3) is 6.85. The monoisotopic (exact) mass is 558 g/mol. The summed E-state index contributed by atoms with van der Waals surface area (Å²) in [6, 6.07) is 44.3. The summed E-state index contributed by atoms with van der Waals surface area (Å²) in [5, 5.41) is 0.